The van der Waals surface area contributed by atoms with Gasteiger partial charge in [-0.1, -0.05) is 45.0 Å². The lowest BCUT2D eigenvalue weighted by molar-refractivity contribution is 0.590. The summed E-state index contributed by atoms with van der Waals surface area (Å²) in [5, 5.41) is 0.947. The maximum atomic E-state index is 10.6. The average molecular weight is 182 g/mol. The maximum Gasteiger partial charge on any atom is 0.0921 e. The van der Waals surface area contributed by atoms with Gasteiger partial charge in [-0.15, -0.1) is 0 Å². The van der Waals surface area contributed by atoms with E-state index in [9.17, 15) is 4.57 Å². The van der Waals surface area contributed by atoms with E-state index in [2.05, 4.69) is 32.9 Å². The predicted molar refractivity (Wildman–Crippen MR) is 55.2 cm³/mol. The summed E-state index contributed by atoms with van der Waals surface area (Å²) in [7, 11) is -0.779. The van der Waals surface area contributed by atoms with Crippen molar-refractivity contribution in [2.75, 3.05) is 0 Å². The minimum atomic E-state index is -0.779. The molecule has 0 heterocycles. The van der Waals surface area contributed by atoms with Crippen LogP contribution in [-0.4, -0.2) is 0 Å². The van der Waals surface area contributed by atoms with Gasteiger partial charge >= 0.3 is 0 Å². The zero-order valence-electron chi connectivity index (χ0n) is 7.79. The second kappa shape index (κ2) is 3.45. The molecule has 0 aromatic heterocycles. The third kappa shape index (κ3) is 2.22. The molecule has 1 aromatic rings. The fraction of sp³-hybridized carbons (Fsp3) is 0.400. The van der Waals surface area contributed by atoms with Crippen LogP contribution in [0, 0.1) is 0 Å². The van der Waals surface area contributed by atoms with Crippen LogP contribution in [0.15, 0.2) is 24.3 Å². The lowest BCUT2D eigenvalue weighted by Crippen LogP contribution is -2.11. The van der Waals surface area contributed by atoms with Crippen molar-refractivity contribution in [2.24, 2.45) is 0 Å². The van der Waals surface area contributed by atoms with Gasteiger partial charge in [0.05, 0.1) is 8.46 Å². The monoisotopic (exact) mass is 182 g/mol. The van der Waals surface area contributed by atoms with Crippen LogP contribution in [0.2, 0.25) is 0 Å². The molecular weight excluding hydrogens is 167 g/mol. The van der Waals surface area contributed by atoms with E-state index in [1.807, 2.05) is 12.1 Å². The normalized spacial score (nSPS) is 12.6. The molecule has 0 N–H and O–H groups in total. The van der Waals surface area contributed by atoms with Crippen molar-refractivity contribution >= 4 is 13.8 Å². The van der Waals surface area contributed by atoms with Gasteiger partial charge in [0.25, 0.3) is 0 Å². The molecule has 0 radical (unpaired) electrons. The van der Waals surface area contributed by atoms with Crippen LogP contribution >= 0.6 is 8.46 Å². The van der Waals surface area contributed by atoms with Crippen molar-refractivity contribution < 1.29 is 4.57 Å². The van der Waals surface area contributed by atoms with Gasteiger partial charge in [0.1, 0.15) is 0 Å². The van der Waals surface area contributed by atoms with Crippen LogP contribution < -0.4 is 5.30 Å². The molecule has 66 valence electrons. The lowest BCUT2D eigenvalue weighted by atomic mass is 9.87. The van der Waals surface area contributed by atoms with Crippen molar-refractivity contribution in [3.63, 3.8) is 0 Å². The molecule has 0 amide bonds. The smallest absolute Gasteiger partial charge is 0.0921 e. The second-order valence-corrected chi connectivity index (χ2v) is 4.89. The quantitative estimate of drug-likeness (QED) is 0.609. The van der Waals surface area contributed by atoms with E-state index in [4.69, 9.17) is 0 Å². The van der Waals surface area contributed by atoms with Gasteiger partial charge in [0.15, 0.2) is 0 Å². The number of rotatable bonds is 1. The van der Waals surface area contributed by atoms with Crippen LogP contribution in [0.25, 0.3) is 0 Å². The first kappa shape index (κ1) is 9.54. The molecule has 1 rings (SSSR count). The largest absolute Gasteiger partial charge is 0.325 e. The molecule has 0 bridgehead atoms. The molecule has 2 heteroatoms. The van der Waals surface area contributed by atoms with E-state index in [0.29, 0.717) is 0 Å². The summed E-state index contributed by atoms with van der Waals surface area (Å²) in [6, 6.07) is 8.01. The van der Waals surface area contributed by atoms with Gasteiger partial charge in [-0.25, -0.2) is 0 Å². The molecule has 1 nitrogen and oxygen atoms in total. The standard InChI is InChI=1S/C10H15OP/c1-10(2,3)8-4-6-9(12-11)7-5-8/h4-7H,12H2,1-3H3. The molecule has 0 spiro atoms. The highest BCUT2D eigenvalue weighted by Gasteiger charge is 2.12. The second-order valence-electron chi connectivity index (χ2n) is 3.99. The van der Waals surface area contributed by atoms with Crippen LogP contribution in [-0.2, 0) is 9.98 Å². The summed E-state index contributed by atoms with van der Waals surface area (Å²) in [5.74, 6) is 0. The average Bonchev–Trinajstić information content (AvgIpc) is 2.03. The van der Waals surface area contributed by atoms with E-state index < -0.39 is 8.46 Å². The summed E-state index contributed by atoms with van der Waals surface area (Å²) in [5.41, 5.74) is 1.48. The highest BCUT2D eigenvalue weighted by Crippen LogP contribution is 2.21. The Morgan fingerprint density at radius 3 is 1.92 bits per heavy atom. The molecule has 1 unspecified atom stereocenters. The van der Waals surface area contributed by atoms with Crippen LogP contribution in [0.5, 0.6) is 0 Å². The van der Waals surface area contributed by atoms with Gasteiger partial charge < -0.3 is 4.57 Å². The van der Waals surface area contributed by atoms with Crippen molar-refractivity contribution in [1.82, 2.24) is 0 Å². The number of hydrogen-bond donors (Lipinski definition) is 0. The highest BCUT2D eigenvalue weighted by atomic mass is 31.1. The van der Waals surface area contributed by atoms with E-state index in [1.54, 1.807) is 0 Å². The summed E-state index contributed by atoms with van der Waals surface area (Å²) >= 11 is 0. The molecular formula is C10H15OP. The molecule has 1 aromatic carbocycles. The third-order valence-electron chi connectivity index (χ3n) is 1.91. The fourth-order valence-electron chi connectivity index (χ4n) is 1.06. The minimum absolute atomic E-state index is 0.191. The molecule has 0 saturated carbocycles. The zero-order valence-corrected chi connectivity index (χ0v) is 8.95. The molecule has 12 heavy (non-hydrogen) atoms. The Morgan fingerprint density at radius 1 is 1.08 bits per heavy atom. The molecule has 1 atom stereocenters. The van der Waals surface area contributed by atoms with Gasteiger partial charge in [-0.2, -0.15) is 0 Å². The predicted octanol–water partition coefficient (Wildman–Crippen LogP) is 2.37. The number of benzene rings is 1. The summed E-state index contributed by atoms with van der Waals surface area (Å²) in [6.45, 7) is 6.52. The molecule has 0 saturated heterocycles. The first-order valence-electron chi connectivity index (χ1n) is 4.10. The highest BCUT2D eigenvalue weighted by molar-refractivity contribution is 7.34. The topological polar surface area (TPSA) is 17.1 Å². The van der Waals surface area contributed by atoms with Gasteiger partial charge in [-0.05, 0) is 11.0 Å². The van der Waals surface area contributed by atoms with E-state index in [-0.39, 0.29) is 5.41 Å². The van der Waals surface area contributed by atoms with Crippen molar-refractivity contribution in [2.45, 2.75) is 26.2 Å². The Morgan fingerprint density at radius 2 is 1.58 bits per heavy atom. The SMILES string of the molecule is CC(C)(C)c1ccc([PH2]=O)cc1. The van der Waals surface area contributed by atoms with Gasteiger partial charge in [0.2, 0.25) is 0 Å². The van der Waals surface area contributed by atoms with Crippen molar-refractivity contribution in [1.29, 1.82) is 0 Å². The zero-order chi connectivity index (χ0) is 9.19. The Bertz CT molecular complexity index is 269. The van der Waals surface area contributed by atoms with E-state index in [0.717, 1.165) is 5.30 Å². The van der Waals surface area contributed by atoms with Crippen LogP contribution in [0.1, 0.15) is 26.3 Å². The summed E-state index contributed by atoms with van der Waals surface area (Å²) < 4.78 is 10.6. The molecule has 0 aliphatic rings. The Balaban J connectivity index is 3.00. The maximum absolute atomic E-state index is 10.6. The van der Waals surface area contributed by atoms with Gasteiger partial charge in [0, 0.05) is 5.30 Å². The molecule has 0 fully saturated rings. The fourth-order valence-corrected chi connectivity index (χ4v) is 1.41. The first-order chi connectivity index (χ1) is 5.54. The number of hydrogen-bond acceptors (Lipinski definition) is 1. The van der Waals surface area contributed by atoms with Gasteiger partial charge in [-0.3, -0.25) is 0 Å². The lowest BCUT2D eigenvalue weighted by Gasteiger charge is -2.18. The molecule has 0 aliphatic heterocycles. The Kier molecular flexibility index (Phi) is 2.74. The van der Waals surface area contributed by atoms with Crippen molar-refractivity contribution in [3.05, 3.63) is 29.8 Å². The van der Waals surface area contributed by atoms with Crippen molar-refractivity contribution in [3.8, 4) is 0 Å². The summed E-state index contributed by atoms with van der Waals surface area (Å²) in [4.78, 5) is 0. The Hall–Kier alpha value is -0.550. The van der Waals surface area contributed by atoms with E-state index >= 15 is 0 Å². The molecule has 0 aliphatic carbocycles. The van der Waals surface area contributed by atoms with E-state index in [1.165, 1.54) is 5.56 Å². The van der Waals surface area contributed by atoms with Crippen LogP contribution in [0.3, 0.4) is 0 Å². The Labute approximate surface area is 75.0 Å². The summed E-state index contributed by atoms with van der Waals surface area (Å²) in [6.07, 6.45) is 0. The van der Waals surface area contributed by atoms with Crippen LogP contribution in [0.4, 0.5) is 0 Å². The minimum Gasteiger partial charge on any atom is -0.325 e. The third-order valence-corrected chi connectivity index (χ3v) is 2.57. The first-order valence-corrected chi connectivity index (χ1v) is 5.14.